The maximum absolute atomic E-state index is 11.7. The van der Waals surface area contributed by atoms with Crippen LogP contribution in [0.25, 0.3) is 6.08 Å². The summed E-state index contributed by atoms with van der Waals surface area (Å²) < 4.78 is 14.4. The average Bonchev–Trinajstić information content (AvgIpc) is 2.53. The van der Waals surface area contributed by atoms with Crippen LogP contribution in [0.2, 0.25) is 0 Å². The molecule has 0 aliphatic carbocycles. The largest absolute Gasteiger partial charge is 0.497 e. The number of rotatable bonds is 6. The van der Waals surface area contributed by atoms with Crippen molar-refractivity contribution < 1.29 is 23.8 Å². The summed E-state index contributed by atoms with van der Waals surface area (Å²) in [6, 6.07) is 7.44. The first-order valence-electron chi connectivity index (χ1n) is 6.51. The molecule has 0 aromatic heterocycles. The molecule has 0 aliphatic heterocycles. The summed E-state index contributed by atoms with van der Waals surface area (Å²) in [4.78, 5) is 23.4. The van der Waals surface area contributed by atoms with E-state index in [0.717, 1.165) is 11.3 Å². The number of carbonyl (C=O) groups excluding carboxylic acids is 2. The molecule has 0 aliphatic rings. The van der Waals surface area contributed by atoms with Gasteiger partial charge in [0.2, 0.25) is 0 Å². The van der Waals surface area contributed by atoms with Crippen molar-refractivity contribution in [3.05, 3.63) is 35.9 Å². The predicted molar refractivity (Wildman–Crippen MR) is 78.7 cm³/mol. The minimum absolute atomic E-state index is 0.341. The minimum atomic E-state index is -0.963. The van der Waals surface area contributed by atoms with Gasteiger partial charge >= 0.3 is 11.9 Å². The van der Waals surface area contributed by atoms with Crippen LogP contribution in [-0.2, 0) is 19.1 Å². The fourth-order valence-electron chi connectivity index (χ4n) is 1.87. The summed E-state index contributed by atoms with van der Waals surface area (Å²) in [6.07, 6.45) is 3.61. The van der Waals surface area contributed by atoms with E-state index in [9.17, 15) is 9.59 Å². The molecular weight excluding hydrogens is 272 g/mol. The molecule has 0 fully saturated rings. The molecule has 1 aromatic rings. The Morgan fingerprint density at radius 3 is 1.95 bits per heavy atom. The Hall–Kier alpha value is -2.30. The van der Waals surface area contributed by atoms with E-state index in [4.69, 9.17) is 4.74 Å². The first-order valence-corrected chi connectivity index (χ1v) is 6.51. The van der Waals surface area contributed by atoms with E-state index in [1.807, 2.05) is 30.3 Å². The fourth-order valence-corrected chi connectivity index (χ4v) is 1.87. The van der Waals surface area contributed by atoms with Gasteiger partial charge in [-0.05, 0) is 23.6 Å². The zero-order chi connectivity index (χ0) is 15.8. The highest BCUT2D eigenvalue weighted by atomic mass is 16.5. The molecular formula is C16H20O5. The third kappa shape index (κ3) is 4.63. The quantitative estimate of drug-likeness (QED) is 0.595. The summed E-state index contributed by atoms with van der Waals surface area (Å²) in [5.41, 5.74) is 0.941. The van der Waals surface area contributed by atoms with Gasteiger partial charge in [-0.1, -0.05) is 31.2 Å². The predicted octanol–water partition coefficient (Wildman–Crippen LogP) is 2.31. The van der Waals surface area contributed by atoms with Gasteiger partial charge in [-0.25, -0.2) is 0 Å². The van der Waals surface area contributed by atoms with Gasteiger partial charge in [0.15, 0.2) is 5.92 Å². The van der Waals surface area contributed by atoms with E-state index in [1.54, 1.807) is 20.1 Å². The molecule has 0 spiro atoms. The lowest BCUT2D eigenvalue weighted by Gasteiger charge is -2.16. The van der Waals surface area contributed by atoms with E-state index < -0.39 is 17.9 Å². The maximum atomic E-state index is 11.7. The smallest absolute Gasteiger partial charge is 0.320 e. The third-order valence-electron chi connectivity index (χ3n) is 3.14. The molecule has 0 saturated carbocycles. The Morgan fingerprint density at radius 2 is 1.52 bits per heavy atom. The molecule has 0 saturated heterocycles. The molecule has 1 aromatic carbocycles. The first kappa shape index (κ1) is 16.8. The highest BCUT2D eigenvalue weighted by molar-refractivity contribution is 5.95. The van der Waals surface area contributed by atoms with Crippen LogP contribution < -0.4 is 4.74 Å². The fraction of sp³-hybridized carbons (Fsp3) is 0.375. The Bertz CT molecular complexity index is 488. The molecule has 5 heteroatoms. The Morgan fingerprint density at radius 1 is 1.00 bits per heavy atom. The van der Waals surface area contributed by atoms with Crippen molar-refractivity contribution in [3.8, 4) is 5.75 Å². The molecule has 114 valence electrons. The number of allylic oxidation sites excluding steroid dienone is 1. The van der Waals surface area contributed by atoms with E-state index in [1.165, 1.54) is 14.2 Å². The van der Waals surface area contributed by atoms with Crippen LogP contribution in [0.1, 0.15) is 12.5 Å². The summed E-state index contributed by atoms with van der Waals surface area (Å²) in [5.74, 6) is -1.74. The van der Waals surface area contributed by atoms with E-state index >= 15 is 0 Å². The van der Waals surface area contributed by atoms with Crippen LogP contribution in [0, 0.1) is 11.8 Å². The van der Waals surface area contributed by atoms with Crippen LogP contribution >= 0.6 is 0 Å². The number of benzene rings is 1. The molecule has 21 heavy (non-hydrogen) atoms. The summed E-state index contributed by atoms with van der Waals surface area (Å²) in [6.45, 7) is 1.76. The van der Waals surface area contributed by atoms with Gasteiger partial charge < -0.3 is 14.2 Å². The number of esters is 2. The van der Waals surface area contributed by atoms with Crippen molar-refractivity contribution in [3.63, 3.8) is 0 Å². The molecule has 0 unspecified atom stereocenters. The lowest BCUT2D eigenvalue weighted by Crippen LogP contribution is -2.31. The van der Waals surface area contributed by atoms with Crippen molar-refractivity contribution in [2.75, 3.05) is 21.3 Å². The van der Waals surface area contributed by atoms with Crippen molar-refractivity contribution in [1.82, 2.24) is 0 Å². The summed E-state index contributed by atoms with van der Waals surface area (Å²) in [5, 5.41) is 0. The normalized spacial score (nSPS) is 12.2. The zero-order valence-electron chi connectivity index (χ0n) is 12.7. The van der Waals surface area contributed by atoms with Crippen LogP contribution in [0.5, 0.6) is 5.75 Å². The van der Waals surface area contributed by atoms with Gasteiger partial charge in [-0.3, -0.25) is 9.59 Å². The van der Waals surface area contributed by atoms with Crippen molar-refractivity contribution in [2.24, 2.45) is 11.8 Å². The Balaban J connectivity index is 2.84. The van der Waals surface area contributed by atoms with E-state index in [-0.39, 0.29) is 5.92 Å². The van der Waals surface area contributed by atoms with Crippen molar-refractivity contribution >= 4 is 18.0 Å². The Kier molecular flexibility index (Phi) is 6.46. The second-order valence-electron chi connectivity index (χ2n) is 4.52. The van der Waals surface area contributed by atoms with E-state index in [2.05, 4.69) is 9.47 Å². The summed E-state index contributed by atoms with van der Waals surface area (Å²) in [7, 11) is 4.10. The van der Waals surface area contributed by atoms with Gasteiger partial charge in [0.1, 0.15) is 5.75 Å². The van der Waals surface area contributed by atoms with Crippen molar-refractivity contribution in [2.45, 2.75) is 6.92 Å². The lowest BCUT2D eigenvalue weighted by molar-refractivity contribution is -0.160. The molecule has 0 amide bonds. The van der Waals surface area contributed by atoms with Crippen LogP contribution in [-0.4, -0.2) is 33.3 Å². The van der Waals surface area contributed by atoms with Crippen molar-refractivity contribution in [1.29, 1.82) is 0 Å². The van der Waals surface area contributed by atoms with Gasteiger partial charge in [-0.15, -0.1) is 0 Å². The molecule has 1 atom stereocenters. The molecule has 0 bridgehead atoms. The molecule has 1 rings (SSSR count). The highest BCUT2D eigenvalue weighted by Gasteiger charge is 2.32. The highest BCUT2D eigenvalue weighted by Crippen LogP contribution is 2.19. The van der Waals surface area contributed by atoms with Crippen LogP contribution in [0.3, 0.4) is 0 Å². The number of hydrogen-bond donors (Lipinski definition) is 0. The monoisotopic (exact) mass is 292 g/mol. The number of ether oxygens (including phenoxy) is 3. The average molecular weight is 292 g/mol. The first-order chi connectivity index (χ1) is 10.0. The number of hydrogen-bond acceptors (Lipinski definition) is 5. The third-order valence-corrected chi connectivity index (χ3v) is 3.14. The molecule has 5 nitrogen and oxygen atoms in total. The SMILES string of the molecule is COC(=O)C(C(=O)OC)[C@H](C)/C=C/c1ccc(OC)cc1. The van der Waals surface area contributed by atoms with Gasteiger partial charge in [0.25, 0.3) is 0 Å². The van der Waals surface area contributed by atoms with Crippen LogP contribution in [0.4, 0.5) is 0 Å². The topological polar surface area (TPSA) is 61.8 Å². The standard InChI is InChI=1S/C16H20O5/c1-11(14(15(17)20-3)16(18)21-4)5-6-12-7-9-13(19-2)10-8-12/h5-11,14H,1-4H3/b6-5+/t11-/m1/s1. The zero-order valence-corrected chi connectivity index (χ0v) is 12.7. The van der Waals surface area contributed by atoms with E-state index in [0.29, 0.717) is 0 Å². The molecule has 0 heterocycles. The molecule has 0 N–H and O–H groups in total. The second kappa shape index (κ2) is 8.09. The van der Waals surface area contributed by atoms with Gasteiger partial charge in [-0.2, -0.15) is 0 Å². The van der Waals surface area contributed by atoms with Gasteiger partial charge in [0.05, 0.1) is 21.3 Å². The summed E-state index contributed by atoms with van der Waals surface area (Å²) >= 11 is 0. The second-order valence-corrected chi connectivity index (χ2v) is 4.52. The number of methoxy groups -OCH3 is 3. The van der Waals surface area contributed by atoms with Gasteiger partial charge in [0, 0.05) is 0 Å². The number of carbonyl (C=O) groups is 2. The Labute approximate surface area is 124 Å². The maximum Gasteiger partial charge on any atom is 0.320 e. The lowest BCUT2D eigenvalue weighted by atomic mass is 9.93. The van der Waals surface area contributed by atoms with Crippen LogP contribution in [0.15, 0.2) is 30.3 Å². The molecule has 0 radical (unpaired) electrons. The minimum Gasteiger partial charge on any atom is -0.497 e.